The maximum atomic E-state index is 7.48. The van der Waals surface area contributed by atoms with Crippen LogP contribution in [-0.4, -0.2) is 24.0 Å². The van der Waals surface area contributed by atoms with E-state index >= 15 is 0 Å². The molecule has 0 amide bonds. The molecule has 2 aliphatic rings. The lowest BCUT2D eigenvalue weighted by Crippen LogP contribution is -2.42. The van der Waals surface area contributed by atoms with Gasteiger partial charge >= 0.3 is 0 Å². The number of hydrogen-bond acceptors (Lipinski definition) is 4. The fraction of sp³-hybridized carbons (Fsp3) is 0.867. The number of rotatable bonds is 2. The summed E-state index contributed by atoms with van der Waals surface area (Å²) in [5, 5.41) is 16.7. The molecule has 0 unspecified atom stereocenters. The maximum Gasteiger partial charge on any atom is 0.190 e. The van der Waals surface area contributed by atoms with Crippen molar-refractivity contribution in [3.05, 3.63) is 0 Å². The van der Waals surface area contributed by atoms with Crippen molar-refractivity contribution in [2.45, 2.75) is 76.3 Å². The summed E-state index contributed by atoms with van der Waals surface area (Å²) in [5.41, 5.74) is 0. The van der Waals surface area contributed by atoms with E-state index in [0.717, 1.165) is 12.1 Å². The van der Waals surface area contributed by atoms with Gasteiger partial charge in [-0.1, -0.05) is 38.5 Å². The van der Waals surface area contributed by atoms with E-state index in [9.17, 15) is 0 Å². The summed E-state index contributed by atoms with van der Waals surface area (Å²) >= 11 is 0. The minimum absolute atomic E-state index is 0.923. The highest BCUT2D eigenvalue weighted by Crippen LogP contribution is 2.28. The lowest BCUT2D eigenvalue weighted by Gasteiger charge is -2.39. The van der Waals surface area contributed by atoms with Gasteiger partial charge in [0.05, 0.1) is 0 Å². The lowest BCUT2D eigenvalue weighted by atomic mass is 9.89. The Labute approximate surface area is 117 Å². The third kappa shape index (κ3) is 5.94. The molecule has 0 spiro atoms. The van der Waals surface area contributed by atoms with Crippen molar-refractivity contribution in [2.75, 3.05) is 7.05 Å². The van der Waals surface area contributed by atoms with Crippen molar-refractivity contribution in [1.29, 1.82) is 10.5 Å². The molecule has 2 saturated carbocycles. The second-order valence-electron chi connectivity index (χ2n) is 5.60. The molecule has 0 aromatic rings. The van der Waals surface area contributed by atoms with Gasteiger partial charge in [0.25, 0.3) is 0 Å². The van der Waals surface area contributed by atoms with Crippen LogP contribution in [0.2, 0.25) is 0 Å². The van der Waals surface area contributed by atoms with Gasteiger partial charge in [0.2, 0.25) is 0 Å². The molecule has 19 heavy (non-hydrogen) atoms. The third-order valence-corrected chi connectivity index (χ3v) is 4.41. The van der Waals surface area contributed by atoms with Gasteiger partial charge < -0.3 is 4.90 Å². The van der Waals surface area contributed by atoms with E-state index in [1.54, 1.807) is 5.32 Å². The summed E-state index contributed by atoms with van der Waals surface area (Å²) in [5.74, 6) is 0. The SMILES string of the molecule is CN(C1CCCCC1)C1CCCCC1.N#CNC#N. The first-order valence-corrected chi connectivity index (χ1v) is 7.54. The Morgan fingerprint density at radius 3 is 1.42 bits per heavy atom. The smallest absolute Gasteiger partial charge is 0.190 e. The monoisotopic (exact) mass is 262 g/mol. The molecular weight excluding hydrogens is 236 g/mol. The van der Waals surface area contributed by atoms with Crippen molar-refractivity contribution in [3.8, 4) is 12.4 Å². The molecule has 2 aliphatic carbocycles. The molecule has 2 rings (SSSR count). The van der Waals surface area contributed by atoms with Crippen LogP contribution in [0.3, 0.4) is 0 Å². The summed E-state index contributed by atoms with van der Waals surface area (Å²) in [6, 6.07) is 1.85. The molecule has 1 N–H and O–H groups in total. The molecule has 0 atom stereocenters. The van der Waals surface area contributed by atoms with E-state index in [0.29, 0.717) is 0 Å². The van der Waals surface area contributed by atoms with Crippen LogP contribution in [0.25, 0.3) is 0 Å². The van der Waals surface area contributed by atoms with Crippen molar-refractivity contribution in [2.24, 2.45) is 0 Å². The van der Waals surface area contributed by atoms with E-state index in [1.807, 2.05) is 0 Å². The Morgan fingerprint density at radius 1 is 0.789 bits per heavy atom. The highest BCUT2D eigenvalue weighted by Gasteiger charge is 2.25. The van der Waals surface area contributed by atoms with E-state index in [4.69, 9.17) is 10.5 Å². The minimum atomic E-state index is 0.923. The summed E-state index contributed by atoms with van der Waals surface area (Å²) in [4.78, 5) is 2.72. The Balaban J connectivity index is 0.000000312. The van der Waals surface area contributed by atoms with Crippen molar-refractivity contribution < 1.29 is 0 Å². The van der Waals surface area contributed by atoms with Crippen LogP contribution in [0.4, 0.5) is 0 Å². The topological polar surface area (TPSA) is 62.9 Å². The average molecular weight is 262 g/mol. The van der Waals surface area contributed by atoms with Crippen LogP contribution in [0, 0.1) is 22.9 Å². The van der Waals surface area contributed by atoms with Gasteiger partial charge in [-0.2, -0.15) is 10.5 Å². The van der Waals surface area contributed by atoms with E-state index in [-0.39, 0.29) is 0 Å². The molecule has 4 heteroatoms. The minimum Gasteiger partial charge on any atom is -0.300 e. The lowest BCUT2D eigenvalue weighted by molar-refractivity contribution is 0.111. The molecule has 0 heterocycles. The number of nitrogens with one attached hydrogen (secondary N) is 1. The van der Waals surface area contributed by atoms with Crippen LogP contribution in [0.15, 0.2) is 0 Å². The van der Waals surface area contributed by atoms with Crippen molar-refractivity contribution in [3.63, 3.8) is 0 Å². The van der Waals surface area contributed by atoms with Gasteiger partial charge in [-0.05, 0) is 32.7 Å². The van der Waals surface area contributed by atoms with Crippen LogP contribution >= 0.6 is 0 Å². The average Bonchev–Trinajstić information content (AvgIpc) is 2.50. The predicted molar refractivity (Wildman–Crippen MR) is 75.9 cm³/mol. The molecule has 0 radical (unpaired) electrons. The number of nitrogens with zero attached hydrogens (tertiary/aromatic N) is 3. The molecule has 0 aromatic carbocycles. The summed E-state index contributed by atoms with van der Waals surface area (Å²) in [7, 11) is 2.38. The van der Waals surface area contributed by atoms with Gasteiger partial charge in [-0.15, -0.1) is 0 Å². The normalized spacial score (nSPS) is 20.8. The zero-order chi connectivity index (χ0) is 13.9. The molecular formula is C15H26N4. The predicted octanol–water partition coefficient (Wildman–Crippen LogP) is 3.12. The van der Waals surface area contributed by atoms with Gasteiger partial charge in [-0.3, -0.25) is 0 Å². The van der Waals surface area contributed by atoms with E-state index in [2.05, 4.69) is 11.9 Å². The number of nitriles is 2. The van der Waals surface area contributed by atoms with Gasteiger partial charge in [-0.25, -0.2) is 5.32 Å². The van der Waals surface area contributed by atoms with Crippen molar-refractivity contribution >= 4 is 0 Å². The second-order valence-corrected chi connectivity index (χ2v) is 5.60. The second kappa shape index (κ2) is 9.64. The van der Waals surface area contributed by atoms with Crippen molar-refractivity contribution in [1.82, 2.24) is 10.2 Å². The fourth-order valence-corrected chi connectivity index (χ4v) is 3.30. The highest BCUT2D eigenvalue weighted by molar-refractivity contribution is 4.81. The Bertz CT molecular complexity index is 273. The summed E-state index contributed by atoms with van der Waals surface area (Å²) in [6.45, 7) is 0. The molecule has 106 valence electrons. The molecule has 4 nitrogen and oxygen atoms in total. The highest BCUT2D eigenvalue weighted by atomic mass is 15.2. The van der Waals surface area contributed by atoms with Crippen LogP contribution < -0.4 is 5.32 Å². The standard InChI is InChI=1S/C13H25N.C2HN3/c1-14(12-8-4-2-5-9-12)13-10-6-3-7-11-13;3-1-5-2-4/h12-13H,2-11H2,1H3;5H. The quantitative estimate of drug-likeness (QED) is 0.613. The van der Waals surface area contributed by atoms with Gasteiger partial charge in [0, 0.05) is 12.1 Å². The zero-order valence-electron chi connectivity index (χ0n) is 12.1. The molecule has 0 bridgehead atoms. The molecule has 2 fully saturated rings. The summed E-state index contributed by atoms with van der Waals surface area (Å²) < 4.78 is 0. The Kier molecular flexibility index (Phi) is 8.02. The van der Waals surface area contributed by atoms with Gasteiger partial charge in [0.1, 0.15) is 0 Å². The first kappa shape index (κ1) is 15.8. The zero-order valence-corrected chi connectivity index (χ0v) is 12.1. The third-order valence-electron chi connectivity index (χ3n) is 4.41. The largest absolute Gasteiger partial charge is 0.300 e. The van der Waals surface area contributed by atoms with Crippen LogP contribution in [0.5, 0.6) is 0 Å². The van der Waals surface area contributed by atoms with E-state index < -0.39 is 0 Å². The Morgan fingerprint density at radius 2 is 1.16 bits per heavy atom. The van der Waals surface area contributed by atoms with Gasteiger partial charge in [0.15, 0.2) is 12.4 Å². The first-order valence-electron chi connectivity index (χ1n) is 7.54. The molecule has 0 saturated heterocycles. The fourth-order valence-electron chi connectivity index (χ4n) is 3.30. The van der Waals surface area contributed by atoms with Crippen LogP contribution in [0.1, 0.15) is 64.2 Å². The number of hydrogen-bond donors (Lipinski definition) is 1. The molecule has 0 aliphatic heterocycles. The maximum absolute atomic E-state index is 7.48. The first-order chi connectivity index (χ1) is 9.29. The Hall–Kier alpha value is -1.26. The van der Waals surface area contributed by atoms with E-state index in [1.165, 1.54) is 76.6 Å². The molecule has 0 aromatic heterocycles. The summed E-state index contributed by atoms with van der Waals surface area (Å²) in [6.07, 6.45) is 17.5. The van der Waals surface area contributed by atoms with Crippen LogP contribution in [-0.2, 0) is 0 Å².